The zero-order valence-corrected chi connectivity index (χ0v) is 13.0. The minimum absolute atomic E-state index is 0.250. The van der Waals surface area contributed by atoms with Crippen LogP contribution in [0.5, 0.6) is 11.5 Å². The molecule has 2 heterocycles. The molecule has 0 saturated carbocycles. The Morgan fingerprint density at radius 1 is 1.30 bits per heavy atom. The Labute approximate surface area is 129 Å². The quantitative estimate of drug-likeness (QED) is 0.865. The standard InChI is InChI=1S/C14H14BrNO3S/c15-10-3-4-20-14(10)7-16-6-11(17)9-1-2-12-13(5-9)19-8-18-12/h1-5,11,16-17H,6-8H2. The van der Waals surface area contributed by atoms with Crippen molar-refractivity contribution in [2.24, 2.45) is 0 Å². The summed E-state index contributed by atoms with van der Waals surface area (Å²) < 4.78 is 11.7. The molecule has 0 fully saturated rings. The van der Waals surface area contributed by atoms with Crippen LogP contribution in [0.25, 0.3) is 0 Å². The van der Waals surface area contributed by atoms with E-state index in [0.717, 1.165) is 22.3 Å². The molecule has 0 saturated heterocycles. The fourth-order valence-electron chi connectivity index (χ4n) is 2.01. The van der Waals surface area contributed by atoms with Gasteiger partial charge in [-0.25, -0.2) is 0 Å². The molecule has 20 heavy (non-hydrogen) atoms. The molecular formula is C14H14BrNO3S. The third kappa shape index (κ3) is 2.98. The second-order valence-corrected chi connectivity index (χ2v) is 6.31. The second-order valence-electron chi connectivity index (χ2n) is 4.45. The first kappa shape index (κ1) is 13.9. The number of ether oxygens (including phenoxy) is 2. The summed E-state index contributed by atoms with van der Waals surface area (Å²) in [7, 11) is 0. The second kappa shape index (κ2) is 6.13. The molecule has 2 aromatic rings. The summed E-state index contributed by atoms with van der Waals surface area (Å²) in [5.74, 6) is 1.43. The molecule has 1 aromatic heterocycles. The molecule has 2 N–H and O–H groups in total. The van der Waals surface area contributed by atoms with Gasteiger partial charge in [0.05, 0.1) is 6.10 Å². The molecule has 106 valence electrons. The summed E-state index contributed by atoms with van der Waals surface area (Å²) in [4.78, 5) is 1.22. The van der Waals surface area contributed by atoms with E-state index in [1.54, 1.807) is 11.3 Å². The summed E-state index contributed by atoms with van der Waals surface area (Å²) in [5, 5.41) is 15.5. The molecule has 0 amide bonds. The van der Waals surface area contributed by atoms with Crippen LogP contribution in [0.15, 0.2) is 34.1 Å². The van der Waals surface area contributed by atoms with Gasteiger partial charge in [0.1, 0.15) is 0 Å². The molecule has 4 nitrogen and oxygen atoms in total. The number of nitrogens with one attached hydrogen (secondary N) is 1. The largest absolute Gasteiger partial charge is 0.454 e. The number of aliphatic hydroxyl groups is 1. The molecule has 0 bridgehead atoms. The fraction of sp³-hybridized carbons (Fsp3) is 0.286. The average molecular weight is 356 g/mol. The predicted octanol–water partition coefficient (Wildman–Crippen LogP) is 3.06. The van der Waals surface area contributed by atoms with E-state index >= 15 is 0 Å². The van der Waals surface area contributed by atoms with Crippen LogP contribution in [0.2, 0.25) is 0 Å². The molecule has 1 aromatic carbocycles. The third-order valence-corrected chi connectivity index (χ3v) is 5.02. The van der Waals surface area contributed by atoms with Crippen molar-refractivity contribution < 1.29 is 14.6 Å². The van der Waals surface area contributed by atoms with E-state index in [2.05, 4.69) is 21.2 Å². The summed E-state index contributed by atoms with van der Waals surface area (Å²) in [6.45, 7) is 1.48. The summed E-state index contributed by atoms with van der Waals surface area (Å²) in [6, 6.07) is 7.54. The van der Waals surface area contributed by atoms with E-state index in [1.165, 1.54) is 4.88 Å². The third-order valence-electron chi connectivity index (χ3n) is 3.10. The Morgan fingerprint density at radius 2 is 2.15 bits per heavy atom. The van der Waals surface area contributed by atoms with Gasteiger partial charge in [-0.3, -0.25) is 0 Å². The number of halogens is 1. The van der Waals surface area contributed by atoms with E-state index in [0.29, 0.717) is 12.3 Å². The van der Waals surface area contributed by atoms with Crippen LogP contribution < -0.4 is 14.8 Å². The molecule has 1 atom stereocenters. The molecule has 0 radical (unpaired) electrons. The van der Waals surface area contributed by atoms with Gasteiger partial charge in [-0.2, -0.15) is 0 Å². The van der Waals surface area contributed by atoms with Crippen molar-refractivity contribution >= 4 is 27.3 Å². The van der Waals surface area contributed by atoms with Gasteiger partial charge in [0.15, 0.2) is 11.5 Å². The molecule has 0 aliphatic carbocycles. The van der Waals surface area contributed by atoms with Crippen LogP contribution in [0.3, 0.4) is 0 Å². The molecule has 1 aliphatic heterocycles. The highest BCUT2D eigenvalue weighted by Crippen LogP contribution is 2.34. The lowest BCUT2D eigenvalue weighted by molar-refractivity contribution is 0.170. The number of hydrogen-bond donors (Lipinski definition) is 2. The summed E-state index contributed by atoms with van der Waals surface area (Å²) in [5.41, 5.74) is 0.826. The fourth-order valence-corrected chi connectivity index (χ4v) is 3.47. The highest BCUT2D eigenvalue weighted by Gasteiger charge is 2.16. The van der Waals surface area contributed by atoms with Gasteiger partial charge in [0.2, 0.25) is 6.79 Å². The van der Waals surface area contributed by atoms with E-state index in [4.69, 9.17) is 9.47 Å². The predicted molar refractivity (Wildman–Crippen MR) is 81.3 cm³/mol. The van der Waals surface area contributed by atoms with Crippen LogP contribution in [-0.4, -0.2) is 18.4 Å². The van der Waals surface area contributed by atoms with Gasteiger partial charge in [0, 0.05) is 22.4 Å². The van der Waals surface area contributed by atoms with Gasteiger partial charge in [-0.15, -0.1) is 11.3 Å². The maximum atomic E-state index is 10.2. The van der Waals surface area contributed by atoms with E-state index in [9.17, 15) is 5.11 Å². The van der Waals surface area contributed by atoms with Crippen molar-refractivity contribution in [2.45, 2.75) is 12.6 Å². The van der Waals surface area contributed by atoms with Crippen LogP contribution in [0.4, 0.5) is 0 Å². The first-order valence-corrected chi connectivity index (χ1v) is 7.91. The lowest BCUT2D eigenvalue weighted by Crippen LogP contribution is -2.20. The molecule has 6 heteroatoms. The maximum Gasteiger partial charge on any atom is 0.231 e. The number of thiophene rings is 1. The minimum Gasteiger partial charge on any atom is -0.454 e. The van der Waals surface area contributed by atoms with Gasteiger partial charge < -0.3 is 19.9 Å². The van der Waals surface area contributed by atoms with Crippen molar-refractivity contribution in [1.29, 1.82) is 0 Å². The first-order chi connectivity index (χ1) is 9.74. The lowest BCUT2D eigenvalue weighted by atomic mass is 10.1. The number of hydrogen-bond acceptors (Lipinski definition) is 5. The lowest BCUT2D eigenvalue weighted by Gasteiger charge is -2.12. The van der Waals surface area contributed by atoms with Gasteiger partial charge in [0.25, 0.3) is 0 Å². The van der Waals surface area contributed by atoms with Crippen LogP contribution in [0, 0.1) is 0 Å². The van der Waals surface area contributed by atoms with E-state index in [-0.39, 0.29) is 6.79 Å². The Morgan fingerprint density at radius 3 is 2.95 bits per heavy atom. The molecular weight excluding hydrogens is 342 g/mol. The maximum absolute atomic E-state index is 10.2. The number of aliphatic hydroxyl groups excluding tert-OH is 1. The molecule has 3 rings (SSSR count). The highest BCUT2D eigenvalue weighted by molar-refractivity contribution is 9.10. The molecule has 1 aliphatic rings. The zero-order valence-electron chi connectivity index (χ0n) is 10.6. The topological polar surface area (TPSA) is 50.7 Å². The number of fused-ring (bicyclic) bond motifs is 1. The zero-order chi connectivity index (χ0) is 13.9. The van der Waals surface area contributed by atoms with Gasteiger partial charge in [-0.05, 0) is 45.1 Å². The highest BCUT2D eigenvalue weighted by atomic mass is 79.9. The SMILES string of the molecule is OC(CNCc1sccc1Br)c1ccc2c(c1)OCO2. The van der Waals surface area contributed by atoms with Crippen LogP contribution >= 0.6 is 27.3 Å². The summed E-state index contributed by atoms with van der Waals surface area (Å²) >= 11 is 5.18. The Kier molecular flexibility index (Phi) is 4.26. The first-order valence-electron chi connectivity index (χ1n) is 6.24. The Balaban J connectivity index is 1.56. The van der Waals surface area contributed by atoms with Crippen molar-refractivity contribution in [1.82, 2.24) is 5.32 Å². The average Bonchev–Trinajstić information content (AvgIpc) is 3.07. The monoisotopic (exact) mass is 355 g/mol. The smallest absolute Gasteiger partial charge is 0.231 e. The molecule has 0 spiro atoms. The van der Waals surface area contributed by atoms with Gasteiger partial charge >= 0.3 is 0 Å². The Hall–Kier alpha value is -1.08. The Bertz CT molecular complexity index is 602. The van der Waals surface area contributed by atoms with Crippen molar-refractivity contribution in [2.75, 3.05) is 13.3 Å². The van der Waals surface area contributed by atoms with E-state index in [1.807, 2.05) is 29.6 Å². The summed E-state index contributed by atoms with van der Waals surface area (Å²) in [6.07, 6.45) is -0.566. The van der Waals surface area contributed by atoms with Crippen molar-refractivity contribution in [3.63, 3.8) is 0 Å². The van der Waals surface area contributed by atoms with Crippen LogP contribution in [-0.2, 0) is 6.54 Å². The van der Waals surface area contributed by atoms with Crippen LogP contribution in [0.1, 0.15) is 16.5 Å². The molecule has 1 unspecified atom stereocenters. The van der Waals surface area contributed by atoms with Crippen molar-refractivity contribution in [3.05, 3.63) is 44.6 Å². The number of benzene rings is 1. The van der Waals surface area contributed by atoms with E-state index < -0.39 is 6.10 Å². The number of rotatable bonds is 5. The van der Waals surface area contributed by atoms with Crippen molar-refractivity contribution in [3.8, 4) is 11.5 Å². The normalized spacial score (nSPS) is 14.5. The minimum atomic E-state index is -0.566. The van der Waals surface area contributed by atoms with Gasteiger partial charge in [-0.1, -0.05) is 6.07 Å².